The van der Waals surface area contributed by atoms with Crippen LogP contribution in [0.3, 0.4) is 0 Å². The second kappa shape index (κ2) is 14.8. The maximum atomic E-state index is 13.1. The van der Waals surface area contributed by atoms with Crippen molar-refractivity contribution < 1.29 is 28.9 Å². The number of aliphatic hydroxyl groups excluding tert-OH is 1. The molecule has 0 amide bonds. The second-order valence-electron chi connectivity index (χ2n) is 12.8. The number of aliphatic hydroxyl groups is 2. The van der Waals surface area contributed by atoms with E-state index < -0.39 is 5.60 Å². The van der Waals surface area contributed by atoms with Crippen LogP contribution in [0.2, 0.25) is 0 Å². The number of hydrogen-bond acceptors (Lipinski definition) is 7. The Hall–Kier alpha value is -3.49. The molecule has 43 heavy (non-hydrogen) atoms. The maximum Gasteiger partial charge on any atom is 0.310 e. The van der Waals surface area contributed by atoms with Crippen molar-refractivity contribution in [1.82, 2.24) is 4.98 Å². The number of esters is 1. The van der Waals surface area contributed by atoms with Gasteiger partial charge in [-0.25, -0.2) is 4.39 Å². The fraction of sp³-hybridized carbons (Fsp3) is 0.486. The first-order valence-electron chi connectivity index (χ1n) is 14.9. The monoisotopic (exact) mass is 594 g/mol. The Bertz CT molecular complexity index is 1330. The molecule has 2 aromatic carbocycles. The van der Waals surface area contributed by atoms with Crippen molar-refractivity contribution in [3.63, 3.8) is 0 Å². The minimum absolute atomic E-state index is 0.0481. The van der Waals surface area contributed by atoms with Gasteiger partial charge in [0.2, 0.25) is 0 Å². The van der Waals surface area contributed by atoms with Gasteiger partial charge in [-0.3, -0.25) is 9.78 Å². The molecule has 2 N–H and O–H groups in total. The number of halogens is 1. The summed E-state index contributed by atoms with van der Waals surface area (Å²) in [7, 11) is 1.38. The van der Waals surface area contributed by atoms with E-state index in [4.69, 9.17) is 19.6 Å². The van der Waals surface area contributed by atoms with Gasteiger partial charge in [-0.1, -0.05) is 38.1 Å². The van der Waals surface area contributed by atoms with Gasteiger partial charge in [-0.2, -0.15) is 0 Å². The average molecular weight is 595 g/mol. The third-order valence-electron chi connectivity index (χ3n) is 7.38. The van der Waals surface area contributed by atoms with E-state index in [0.717, 1.165) is 65.3 Å². The maximum absolute atomic E-state index is 13.1. The molecule has 0 aliphatic carbocycles. The van der Waals surface area contributed by atoms with E-state index in [1.165, 1.54) is 19.2 Å². The number of nitrogens with zero attached hydrogens (tertiary/aromatic N) is 2. The number of methoxy groups -OCH3 is 1. The van der Waals surface area contributed by atoms with E-state index >= 15 is 0 Å². The minimum Gasteiger partial charge on any atom is -0.493 e. The SMILES string of the molecule is CC(C)(C)O.COC(=O)Cc1c(CO)nc(C)c(-c2ccc(OCCc3ccc(F)cc3)cc2)c1N1CCC(C)(C)CC1. The zero-order chi connectivity index (χ0) is 31.8. The normalized spacial score (nSPS) is 14.5. The van der Waals surface area contributed by atoms with E-state index in [-0.39, 0.29) is 30.2 Å². The van der Waals surface area contributed by atoms with Gasteiger partial charge >= 0.3 is 5.97 Å². The lowest BCUT2D eigenvalue weighted by molar-refractivity contribution is -0.139. The number of hydrogen-bond donors (Lipinski definition) is 2. The van der Waals surface area contributed by atoms with E-state index in [2.05, 4.69) is 18.7 Å². The lowest BCUT2D eigenvalue weighted by Gasteiger charge is -2.40. The van der Waals surface area contributed by atoms with Crippen LogP contribution in [0.15, 0.2) is 48.5 Å². The number of aryl methyl sites for hydroxylation is 1. The van der Waals surface area contributed by atoms with Crippen LogP contribution in [-0.4, -0.2) is 53.6 Å². The summed E-state index contributed by atoms with van der Waals surface area (Å²) in [5.74, 6) is 0.133. The van der Waals surface area contributed by atoms with Crippen LogP contribution in [0.5, 0.6) is 5.75 Å². The minimum atomic E-state index is -0.500. The van der Waals surface area contributed by atoms with Crippen molar-refractivity contribution in [2.45, 2.75) is 79.4 Å². The summed E-state index contributed by atoms with van der Waals surface area (Å²) in [5, 5.41) is 18.7. The van der Waals surface area contributed by atoms with Gasteiger partial charge < -0.3 is 24.6 Å². The summed E-state index contributed by atoms with van der Waals surface area (Å²) >= 11 is 0. The quantitative estimate of drug-likeness (QED) is 0.276. The zero-order valence-electron chi connectivity index (χ0n) is 26.7. The van der Waals surface area contributed by atoms with Crippen LogP contribution in [0.1, 0.15) is 70.0 Å². The number of benzene rings is 2. The molecule has 4 rings (SSSR count). The number of carbonyl (C=O) groups excluding carboxylic acids is 1. The third-order valence-corrected chi connectivity index (χ3v) is 7.38. The van der Waals surface area contributed by atoms with Crippen LogP contribution in [0, 0.1) is 18.2 Å². The Morgan fingerprint density at radius 2 is 1.63 bits per heavy atom. The van der Waals surface area contributed by atoms with Gasteiger partial charge in [0.15, 0.2) is 0 Å². The highest BCUT2D eigenvalue weighted by Crippen LogP contribution is 2.42. The number of rotatable bonds is 9. The molecule has 1 saturated heterocycles. The fourth-order valence-electron chi connectivity index (χ4n) is 5.00. The summed E-state index contributed by atoms with van der Waals surface area (Å²) in [4.78, 5) is 19.4. The molecule has 0 saturated carbocycles. The van der Waals surface area contributed by atoms with Crippen molar-refractivity contribution in [2.75, 3.05) is 31.7 Å². The summed E-state index contributed by atoms with van der Waals surface area (Å²) in [6, 6.07) is 14.3. The van der Waals surface area contributed by atoms with Crippen LogP contribution in [0.25, 0.3) is 11.1 Å². The van der Waals surface area contributed by atoms with Crippen LogP contribution < -0.4 is 9.64 Å². The van der Waals surface area contributed by atoms with Crippen LogP contribution in [-0.2, 0) is 29.0 Å². The molecule has 7 nitrogen and oxygen atoms in total. The molecule has 0 radical (unpaired) electrons. The van der Waals surface area contributed by atoms with Crippen molar-refractivity contribution in [3.8, 4) is 16.9 Å². The lowest BCUT2D eigenvalue weighted by atomic mass is 9.82. The molecule has 8 heteroatoms. The predicted molar refractivity (Wildman–Crippen MR) is 169 cm³/mol. The summed E-state index contributed by atoms with van der Waals surface area (Å²) in [6.07, 6.45) is 2.79. The molecular formula is C35H47FN2O5. The van der Waals surface area contributed by atoms with E-state index in [0.29, 0.717) is 18.7 Å². The molecule has 0 spiro atoms. The van der Waals surface area contributed by atoms with Gasteiger partial charge in [-0.15, -0.1) is 0 Å². The highest BCUT2D eigenvalue weighted by molar-refractivity contribution is 5.87. The zero-order valence-corrected chi connectivity index (χ0v) is 26.7. The van der Waals surface area contributed by atoms with Gasteiger partial charge in [0.1, 0.15) is 11.6 Å². The first kappa shape index (κ1) is 34.0. The number of aromatic nitrogens is 1. The Morgan fingerprint density at radius 3 is 2.16 bits per heavy atom. The largest absolute Gasteiger partial charge is 0.493 e. The molecule has 234 valence electrons. The molecule has 3 aromatic rings. The van der Waals surface area contributed by atoms with Crippen molar-refractivity contribution >= 4 is 11.7 Å². The predicted octanol–water partition coefficient (Wildman–Crippen LogP) is 6.43. The fourth-order valence-corrected chi connectivity index (χ4v) is 5.00. The van der Waals surface area contributed by atoms with Crippen molar-refractivity contribution in [1.29, 1.82) is 0 Å². The molecule has 0 atom stereocenters. The van der Waals surface area contributed by atoms with Gasteiger partial charge in [0.25, 0.3) is 0 Å². The Balaban J connectivity index is 0.000000934. The molecular weight excluding hydrogens is 547 g/mol. The van der Waals surface area contributed by atoms with Crippen LogP contribution >= 0.6 is 0 Å². The van der Waals surface area contributed by atoms with Crippen LogP contribution in [0.4, 0.5) is 10.1 Å². The summed E-state index contributed by atoms with van der Waals surface area (Å²) in [5.41, 5.74) is 5.68. The second-order valence-corrected chi connectivity index (χ2v) is 12.8. The Kier molecular flexibility index (Phi) is 11.7. The Morgan fingerprint density at radius 1 is 1.05 bits per heavy atom. The molecule has 1 aromatic heterocycles. The van der Waals surface area contributed by atoms with Crippen molar-refractivity contribution in [3.05, 3.63) is 76.9 Å². The lowest BCUT2D eigenvalue weighted by Crippen LogP contribution is -2.38. The van der Waals surface area contributed by atoms with E-state index in [9.17, 15) is 14.3 Å². The first-order chi connectivity index (χ1) is 20.2. The highest BCUT2D eigenvalue weighted by Gasteiger charge is 2.30. The smallest absolute Gasteiger partial charge is 0.310 e. The van der Waals surface area contributed by atoms with Gasteiger partial charge in [0.05, 0.1) is 43.7 Å². The molecule has 2 heterocycles. The summed E-state index contributed by atoms with van der Waals surface area (Å²) in [6.45, 7) is 13.7. The molecule has 0 bridgehead atoms. The topological polar surface area (TPSA) is 92.1 Å². The third kappa shape index (κ3) is 10.3. The van der Waals surface area contributed by atoms with Crippen molar-refractivity contribution in [2.24, 2.45) is 5.41 Å². The molecule has 0 unspecified atom stereocenters. The Labute approximate surface area is 255 Å². The molecule has 1 aliphatic heterocycles. The number of pyridine rings is 1. The van der Waals surface area contributed by atoms with E-state index in [1.54, 1.807) is 32.9 Å². The summed E-state index contributed by atoms with van der Waals surface area (Å²) < 4.78 is 24.1. The average Bonchev–Trinajstić information content (AvgIpc) is 2.94. The highest BCUT2D eigenvalue weighted by atomic mass is 19.1. The number of piperidine rings is 1. The van der Waals surface area contributed by atoms with Gasteiger partial charge in [-0.05, 0) is 81.3 Å². The molecule has 1 fully saturated rings. The van der Waals surface area contributed by atoms with E-state index in [1.807, 2.05) is 31.2 Å². The number of ether oxygens (including phenoxy) is 2. The number of carbonyl (C=O) groups is 1. The standard InChI is InChI=1S/C31H37FN2O4.C4H10O/c1-21-29(23-7-11-25(12-8-23)38-18-13-22-5-9-24(32)10-6-22)30(34-16-14-31(2,3)15-17-34)26(19-28(36)37-4)27(20-35)33-21;1-4(2,3)5/h5-12,35H,13-20H2,1-4H3;5H,1-3H3. The van der Waals surface area contributed by atoms with Gasteiger partial charge in [0, 0.05) is 36.3 Å². The first-order valence-corrected chi connectivity index (χ1v) is 14.9. The number of anilines is 1. The molecule has 1 aliphatic rings.